The number of anilines is 1. The standard InChI is InChI=1S/C28H27N9O2/c1-2-3-12-35-25-24(33-28(35)34-11-5-6-21(29)17-34)26(38)37(22-7-4-10-30-15-22)36(27(25)39)16-19-8-9-20-14-31-18-32-23(20)13-19/h4,7-10,13-15,18,21H,5-6,11-12,16-17,29H2,1H3. The number of hydrogen-bond donors (Lipinski definition) is 1. The van der Waals surface area contributed by atoms with E-state index in [2.05, 4.69) is 26.8 Å². The fraction of sp³-hybridized carbons (Fsp3) is 0.286. The van der Waals surface area contributed by atoms with Crippen LogP contribution in [-0.2, 0) is 13.1 Å². The number of benzene rings is 1. The van der Waals surface area contributed by atoms with E-state index in [1.54, 1.807) is 42.2 Å². The zero-order valence-electron chi connectivity index (χ0n) is 21.5. The molecule has 0 radical (unpaired) electrons. The van der Waals surface area contributed by atoms with Crippen molar-refractivity contribution in [3.8, 4) is 17.5 Å². The van der Waals surface area contributed by atoms with Gasteiger partial charge in [0.1, 0.15) is 11.8 Å². The van der Waals surface area contributed by atoms with E-state index in [4.69, 9.17) is 10.7 Å². The number of imidazole rings is 1. The van der Waals surface area contributed by atoms with Crippen LogP contribution in [0, 0.1) is 11.8 Å². The van der Waals surface area contributed by atoms with Gasteiger partial charge in [-0.15, -0.1) is 5.92 Å². The summed E-state index contributed by atoms with van der Waals surface area (Å²) in [5, 5.41) is 0.884. The number of pyridine rings is 1. The normalized spacial score (nSPS) is 15.4. The van der Waals surface area contributed by atoms with E-state index in [0.717, 1.165) is 35.9 Å². The van der Waals surface area contributed by atoms with Crippen LogP contribution in [-0.4, -0.2) is 53.0 Å². The van der Waals surface area contributed by atoms with E-state index in [0.29, 0.717) is 18.2 Å². The van der Waals surface area contributed by atoms with Gasteiger partial charge in [0.05, 0.1) is 30.5 Å². The van der Waals surface area contributed by atoms with E-state index in [1.807, 2.05) is 23.1 Å². The molecule has 0 aliphatic carbocycles. The molecule has 1 aliphatic heterocycles. The molecule has 11 heteroatoms. The van der Waals surface area contributed by atoms with Crippen LogP contribution in [0.15, 0.2) is 64.8 Å². The van der Waals surface area contributed by atoms with Crippen molar-refractivity contribution < 1.29 is 0 Å². The first-order chi connectivity index (χ1) is 19.0. The van der Waals surface area contributed by atoms with Crippen molar-refractivity contribution in [2.45, 2.75) is 38.9 Å². The molecular weight excluding hydrogens is 494 g/mol. The van der Waals surface area contributed by atoms with E-state index in [-0.39, 0.29) is 35.7 Å². The van der Waals surface area contributed by atoms with Crippen molar-refractivity contribution in [1.29, 1.82) is 0 Å². The molecule has 0 saturated carbocycles. The summed E-state index contributed by atoms with van der Waals surface area (Å²) in [4.78, 5) is 47.8. The molecule has 196 valence electrons. The van der Waals surface area contributed by atoms with Crippen LogP contribution in [0.25, 0.3) is 27.6 Å². The van der Waals surface area contributed by atoms with Gasteiger partial charge in [-0.05, 0) is 43.5 Å². The van der Waals surface area contributed by atoms with Gasteiger partial charge in [-0.25, -0.2) is 24.3 Å². The smallest absolute Gasteiger partial charge is 0.298 e. The lowest BCUT2D eigenvalue weighted by molar-refractivity contribution is 0.496. The molecule has 0 amide bonds. The third-order valence-corrected chi connectivity index (χ3v) is 6.97. The summed E-state index contributed by atoms with van der Waals surface area (Å²) in [5.74, 6) is 6.48. The lowest BCUT2D eigenvalue weighted by Crippen LogP contribution is -2.44. The Kier molecular flexibility index (Phi) is 6.38. The summed E-state index contributed by atoms with van der Waals surface area (Å²) in [6.45, 7) is 3.43. The van der Waals surface area contributed by atoms with E-state index < -0.39 is 5.56 Å². The molecule has 0 spiro atoms. The van der Waals surface area contributed by atoms with E-state index in [9.17, 15) is 9.59 Å². The minimum Gasteiger partial charge on any atom is -0.341 e. The number of nitrogens with two attached hydrogens (primary N) is 1. The van der Waals surface area contributed by atoms with Crippen LogP contribution in [0.5, 0.6) is 0 Å². The Morgan fingerprint density at radius 2 is 2.03 bits per heavy atom. The number of hydrogen-bond acceptors (Lipinski definition) is 8. The SMILES string of the molecule is CC#CCn1c(N2CCCC(N)C2)nc2c(=O)n(-c3cccnc3)n(Cc3ccc4cncnc4c3)c(=O)c21. The molecule has 5 aromatic rings. The van der Waals surface area contributed by atoms with Crippen LogP contribution >= 0.6 is 0 Å². The molecule has 0 bridgehead atoms. The Balaban J connectivity index is 1.62. The van der Waals surface area contributed by atoms with Gasteiger partial charge in [-0.1, -0.05) is 18.1 Å². The fourth-order valence-corrected chi connectivity index (χ4v) is 5.14. The first-order valence-corrected chi connectivity index (χ1v) is 12.8. The number of aromatic nitrogens is 7. The largest absolute Gasteiger partial charge is 0.341 e. The zero-order valence-corrected chi connectivity index (χ0v) is 21.5. The average Bonchev–Trinajstić information content (AvgIpc) is 3.35. The second-order valence-corrected chi connectivity index (χ2v) is 9.58. The molecule has 1 atom stereocenters. The molecule has 4 aromatic heterocycles. The Labute approximate surface area is 223 Å². The third-order valence-electron chi connectivity index (χ3n) is 6.97. The van der Waals surface area contributed by atoms with E-state index in [1.165, 1.54) is 15.7 Å². The second-order valence-electron chi connectivity index (χ2n) is 9.58. The van der Waals surface area contributed by atoms with Gasteiger partial charge in [0, 0.05) is 36.9 Å². The molecule has 1 aromatic carbocycles. The summed E-state index contributed by atoms with van der Waals surface area (Å²) in [7, 11) is 0. The predicted molar refractivity (Wildman–Crippen MR) is 149 cm³/mol. The zero-order chi connectivity index (χ0) is 26.9. The summed E-state index contributed by atoms with van der Waals surface area (Å²) >= 11 is 0. The second kappa shape index (κ2) is 10.2. The number of nitrogens with zero attached hydrogens (tertiary/aromatic N) is 8. The summed E-state index contributed by atoms with van der Waals surface area (Å²) < 4.78 is 4.55. The lowest BCUT2D eigenvalue weighted by atomic mass is 10.1. The van der Waals surface area contributed by atoms with Crippen molar-refractivity contribution in [3.63, 3.8) is 0 Å². The highest BCUT2D eigenvalue weighted by atomic mass is 16.2. The first kappa shape index (κ1) is 24.5. The summed E-state index contributed by atoms with van der Waals surface area (Å²) in [6, 6.07) is 9.16. The minimum atomic E-state index is -0.411. The number of fused-ring (bicyclic) bond motifs is 2. The van der Waals surface area contributed by atoms with Crippen molar-refractivity contribution in [1.82, 2.24) is 33.9 Å². The first-order valence-electron chi connectivity index (χ1n) is 12.8. The highest BCUT2D eigenvalue weighted by Crippen LogP contribution is 2.23. The lowest BCUT2D eigenvalue weighted by Gasteiger charge is -2.31. The van der Waals surface area contributed by atoms with Gasteiger partial charge >= 0.3 is 0 Å². The van der Waals surface area contributed by atoms with Crippen LogP contribution in [0.2, 0.25) is 0 Å². The summed E-state index contributed by atoms with van der Waals surface area (Å²) in [6.07, 6.45) is 8.21. The Morgan fingerprint density at radius 1 is 1.13 bits per heavy atom. The van der Waals surface area contributed by atoms with Gasteiger partial charge in [0.2, 0.25) is 5.95 Å². The minimum absolute atomic E-state index is 0.00954. The summed E-state index contributed by atoms with van der Waals surface area (Å²) in [5.41, 5.74) is 7.84. The molecule has 1 unspecified atom stereocenters. The molecule has 2 N–H and O–H groups in total. The fourth-order valence-electron chi connectivity index (χ4n) is 5.14. The van der Waals surface area contributed by atoms with Crippen LogP contribution in [0.3, 0.4) is 0 Å². The molecule has 5 heterocycles. The maximum atomic E-state index is 14.3. The molecule has 11 nitrogen and oxygen atoms in total. The molecular formula is C28H27N9O2. The highest BCUT2D eigenvalue weighted by Gasteiger charge is 2.27. The quantitative estimate of drug-likeness (QED) is 0.346. The third kappa shape index (κ3) is 4.45. The van der Waals surface area contributed by atoms with Crippen molar-refractivity contribution >= 4 is 27.9 Å². The predicted octanol–water partition coefficient (Wildman–Crippen LogP) is 1.69. The van der Waals surface area contributed by atoms with Crippen molar-refractivity contribution in [2.75, 3.05) is 18.0 Å². The molecule has 39 heavy (non-hydrogen) atoms. The van der Waals surface area contributed by atoms with Gasteiger partial charge in [0.15, 0.2) is 5.52 Å². The monoisotopic (exact) mass is 521 g/mol. The Bertz CT molecular complexity index is 1860. The van der Waals surface area contributed by atoms with Gasteiger partial charge in [-0.3, -0.25) is 19.1 Å². The maximum absolute atomic E-state index is 14.3. The van der Waals surface area contributed by atoms with Crippen molar-refractivity contribution in [3.05, 3.63) is 81.5 Å². The Morgan fingerprint density at radius 3 is 2.82 bits per heavy atom. The number of piperidine rings is 1. The van der Waals surface area contributed by atoms with Crippen LogP contribution in [0.4, 0.5) is 5.95 Å². The molecule has 1 fully saturated rings. The Hall–Kier alpha value is -4.82. The van der Waals surface area contributed by atoms with Gasteiger partial charge in [-0.2, -0.15) is 0 Å². The van der Waals surface area contributed by atoms with Gasteiger partial charge < -0.3 is 10.6 Å². The van der Waals surface area contributed by atoms with Crippen LogP contribution in [0.1, 0.15) is 25.3 Å². The molecule has 6 rings (SSSR count). The molecule has 1 aliphatic rings. The van der Waals surface area contributed by atoms with Crippen molar-refractivity contribution in [2.24, 2.45) is 5.73 Å². The number of rotatable bonds is 5. The highest BCUT2D eigenvalue weighted by molar-refractivity contribution is 5.79. The average molecular weight is 522 g/mol. The van der Waals surface area contributed by atoms with E-state index >= 15 is 0 Å². The van der Waals surface area contributed by atoms with Gasteiger partial charge in [0.25, 0.3) is 11.1 Å². The topological polar surface area (TPSA) is 130 Å². The van der Waals surface area contributed by atoms with Crippen LogP contribution < -0.4 is 21.8 Å². The maximum Gasteiger partial charge on any atom is 0.298 e. The molecule has 1 saturated heterocycles.